The van der Waals surface area contributed by atoms with E-state index in [2.05, 4.69) is 4.90 Å². The Morgan fingerprint density at radius 1 is 1.21 bits per heavy atom. The zero-order valence-corrected chi connectivity index (χ0v) is 14.9. The minimum absolute atomic E-state index is 0.0159. The van der Waals surface area contributed by atoms with E-state index in [0.29, 0.717) is 26.2 Å². The van der Waals surface area contributed by atoms with E-state index in [1.807, 2.05) is 11.8 Å². The van der Waals surface area contributed by atoms with Crippen LogP contribution in [0.3, 0.4) is 0 Å². The molecule has 7 nitrogen and oxygen atoms in total. The van der Waals surface area contributed by atoms with Crippen molar-refractivity contribution < 1.29 is 19.4 Å². The van der Waals surface area contributed by atoms with Crippen LogP contribution in [0.5, 0.6) is 0 Å². The first-order valence-electron chi connectivity index (χ1n) is 9.02. The van der Waals surface area contributed by atoms with Crippen LogP contribution in [0.4, 0.5) is 0 Å². The number of amides is 1. The van der Waals surface area contributed by atoms with Gasteiger partial charge in [0.05, 0.1) is 25.3 Å². The van der Waals surface area contributed by atoms with Crippen molar-refractivity contribution in [2.45, 2.75) is 44.8 Å². The Kier molecular flexibility index (Phi) is 7.45. The molecule has 0 radical (unpaired) electrons. The predicted molar refractivity (Wildman–Crippen MR) is 91.0 cm³/mol. The van der Waals surface area contributed by atoms with Gasteiger partial charge in [-0.15, -0.1) is 0 Å². The second-order valence-corrected chi connectivity index (χ2v) is 6.99. The molecule has 0 bridgehead atoms. The number of morpholine rings is 1. The van der Waals surface area contributed by atoms with E-state index in [0.717, 1.165) is 13.1 Å². The van der Waals surface area contributed by atoms with E-state index >= 15 is 0 Å². The maximum Gasteiger partial charge on any atom is 0.317 e. The molecule has 2 aliphatic rings. The molecule has 7 heteroatoms. The molecule has 0 aromatic heterocycles. The average Bonchev–Trinajstić information content (AvgIpc) is 2.82. The number of hydrogen-bond donors (Lipinski definition) is 1. The molecule has 2 heterocycles. The van der Waals surface area contributed by atoms with Crippen molar-refractivity contribution in [1.29, 1.82) is 0 Å². The van der Waals surface area contributed by atoms with E-state index in [9.17, 15) is 9.59 Å². The number of hydrogen-bond acceptors (Lipinski definition) is 5. The predicted octanol–water partition coefficient (Wildman–Crippen LogP) is 0.495. The number of carboxylic acids is 1. The molecule has 24 heavy (non-hydrogen) atoms. The Labute approximate surface area is 144 Å². The zero-order chi connectivity index (χ0) is 17.5. The summed E-state index contributed by atoms with van der Waals surface area (Å²) < 4.78 is 5.71. The minimum atomic E-state index is -0.851. The largest absolute Gasteiger partial charge is 0.480 e. The molecule has 2 atom stereocenters. The number of aliphatic carboxylic acids is 1. The fourth-order valence-corrected chi connectivity index (χ4v) is 3.58. The molecule has 0 saturated carbocycles. The Hall–Kier alpha value is -1.18. The smallest absolute Gasteiger partial charge is 0.317 e. The Morgan fingerprint density at radius 2 is 1.88 bits per heavy atom. The topological polar surface area (TPSA) is 73.3 Å². The highest BCUT2D eigenvalue weighted by Gasteiger charge is 2.30. The molecule has 0 unspecified atom stereocenters. The van der Waals surface area contributed by atoms with E-state index in [1.165, 1.54) is 25.7 Å². The quantitative estimate of drug-likeness (QED) is 0.758. The molecule has 0 spiro atoms. The average molecular weight is 341 g/mol. The van der Waals surface area contributed by atoms with Crippen molar-refractivity contribution in [3.63, 3.8) is 0 Å². The van der Waals surface area contributed by atoms with Gasteiger partial charge in [-0.25, -0.2) is 0 Å². The Bertz CT molecular complexity index is 424. The van der Waals surface area contributed by atoms with Gasteiger partial charge in [-0.05, 0) is 39.9 Å². The summed E-state index contributed by atoms with van der Waals surface area (Å²) in [5.41, 5.74) is 0. The third-order valence-electron chi connectivity index (χ3n) is 4.92. The van der Waals surface area contributed by atoms with Crippen molar-refractivity contribution in [3.05, 3.63) is 0 Å². The summed E-state index contributed by atoms with van der Waals surface area (Å²) >= 11 is 0. The molecule has 2 rings (SSSR count). The summed E-state index contributed by atoms with van der Waals surface area (Å²) in [6.07, 6.45) is 4.73. The summed E-state index contributed by atoms with van der Waals surface area (Å²) in [4.78, 5) is 29.5. The number of rotatable bonds is 6. The molecule has 138 valence electrons. The van der Waals surface area contributed by atoms with Gasteiger partial charge in [0.15, 0.2) is 0 Å². The number of carbonyl (C=O) groups excluding carboxylic acids is 1. The van der Waals surface area contributed by atoms with Gasteiger partial charge in [0.1, 0.15) is 0 Å². The highest BCUT2D eigenvalue weighted by Crippen LogP contribution is 2.15. The van der Waals surface area contributed by atoms with Crippen LogP contribution in [-0.4, -0.2) is 96.8 Å². The van der Waals surface area contributed by atoms with Crippen molar-refractivity contribution >= 4 is 11.9 Å². The van der Waals surface area contributed by atoms with E-state index in [1.54, 1.807) is 11.9 Å². The van der Waals surface area contributed by atoms with Gasteiger partial charge in [-0.3, -0.25) is 19.4 Å². The highest BCUT2D eigenvalue weighted by molar-refractivity contribution is 5.81. The number of ether oxygens (including phenoxy) is 1. The van der Waals surface area contributed by atoms with Crippen molar-refractivity contribution in [2.24, 2.45) is 0 Å². The van der Waals surface area contributed by atoms with Gasteiger partial charge in [0.2, 0.25) is 5.91 Å². The van der Waals surface area contributed by atoms with Crippen LogP contribution in [0.25, 0.3) is 0 Å². The van der Waals surface area contributed by atoms with Crippen molar-refractivity contribution in [3.8, 4) is 0 Å². The standard InChI is InChI=1S/C17H31N3O4/c1-14(19-7-5-3-4-6-8-19)17(23)20-9-10-24-15(12-20)11-18(2)13-16(21)22/h14-15H,3-13H2,1-2H3,(H,21,22)/t14-,15-/m1/s1. The molecule has 0 aliphatic carbocycles. The summed E-state index contributed by atoms with van der Waals surface area (Å²) in [7, 11) is 1.76. The first-order valence-corrected chi connectivity index (χ1v) is 9.02. The van der Waals surface area contributed by atoms with Gasteiger partial charge >= 0.3 is 5.97 Å². The molecule has 0 aromatic rings. The Balaban J connectivity index is 1.85. The lowest BCUT2D eigenvalue weighted by atomic mass is 10.2. The number of nitrogens with zero attached hydrogens (tertiary/aromatic N) is 3. The van der Waals surface area contributed by atoms with Crippen LogP contribution in [0, 0.1) is 0 Å². The summed E-state index contributed by atoms with van der Waals surface area (Å²) in [5.74, 6) is -0.679. The maximum absolute atomic E-state index is 12.8. The van der Waals surface area contributed by atoms with Crippen LogP contribution < -0.4 is 0 Å². The molecular weight excluding hydrogens is 310 g/mol. The van der Waals surface area contributed by atoms with Gasteiger partial charge in [-0.2, -0.15) is 0 Å². The lowest BCUT2D eigenvalue weighted by Crippen LogP contribution is -2.54. The summed E-state index contributed by atoms with van der Waals surface area (Å²) in [5, 5.41) is 8.84. The van der Waals surface area contributed by atoms with Gasteiger partial charge < -0.3 is 14.7 Å². The van der Waals surface area contributed by atoms with E-state index < -0.39 is 5.97 Å². The maximum atomic E-state index is 12.8. The second kappa shape index (κ2) is 9.34. The molecular formula is C17H31N3O4. The Morgan fingerprint density at radius 3 is 2.50 bits per heavy atom. The molecule has 1 amide bonds. The number of likely N-dealkylation sites (N-methyl/N-ethyl adjacent to an activating group) is 1. The SMILES string of the molecule is C[C@H](C(=O)N1CCO[C@H](CN(C)CC(=O)O)C1)N1CCCCCC1. The first-order chi connectivity index (χ1) is 11.5. The zero-order valence-electron chi connectivity index (χ0n) is 14.9. The third-order valence-corrected chi connectivity index (χ3v) is 4.92. The first kappa shape index (κ1) is 19.1. The van der Waals surface area contributed by atoms with Gasteiger partial charge in [0, 0.05) is 19.6 Å². The normalized spacial score (nSPS) is 24.6. The van der Waals surface area contributed by atoms with Crippen LogP contribution in [-0.2, 0) is 14.3 Å². The van der Waals surface area contributed by atoms with E-state index in [-0.39, 0.29) is 24.6 Å². The number of carbonyl (C=O) groups is 2. The number of carboxylic acid groups (broad SMARTS) is 1. The van der Waals surface area contributed by atoms with Crippen molar-refractivity contribution in [2.75, 3.05) is 52.9 Å². The third kappa shape index (κ3) is 5.72. The lowest BCUT2D eigenvalue weighted by Gasteiger charge is -2.38. The van der Waals surface area contributed by atoms with E-state index in [4.69, 9.17) is 9.84 Å². The van der Waals surface area contributed by atoms with Gasteiger partial charge in [-0.1, -0.05) is 12.8 Å². The minimum Gasteiger partial charge on any atom is -0.480 e. The van der Waals surface area contributed by atoms with Crippen LogP contribution in [0.15, 0.2) is 0 Å². The molecule has 1 N–H and O–H groups in total. The highest BCUT2D eigenvalue weighted by atomic mass is 16.5. The summed E-state index contributed by atoms with van der Waals surface area (Å²) in [6.45, 7) is 6.20. The number of likely N-dealkylation sites (tertiary alicyclic amines) is 1. The van der Waals surface area contributed by atoms with Crippen LogP contribution in [0.1, 0.15) is 32.6 Å². The fraction of sp³-hybridized carbons (Fsp3) is 0.882. The molecule has 0 aromatic carbocycles. The molecule has 2 fully saturated rings. The van der Waals surface area contributed by atoms with Crippen LogP contribution in [0.2, 0.25) is 0 Å². The fourth-order valence-electron chi connectivity index (χ4n) is 3.58. The molecule has 2 saturated heterocycles. The van der Waals surface area contributed by atoms with Gasteiger partial charge in [0.25, 0.3) is 0 Å². The van der Waals surface area contributed by atoms with Crippen LogP contribution >= 0.6 is 0 Å². The summed E-state index contributed by atoms with van der Waals surface area (Å²) in [6, 6.07) is -0.0846. The molecule has 2 aliphatic heterocycles. The lowest BCUT2D eigenvalue weighted by molar-refractivity contribution is -0.146. The monoisotopic (exact) mass is 341 g/mol. The van der Waals surface area contributed by atoms with Crippen molar-refractivity contribution in [1.82, 2.24) is 14.7 Å². The second-order valence-electron chi connectivity index (χ2n) is 6.99.